The van der Waals surface area contributed by atoms with Gasteiger partial charge in [-0.05, 0) is 12.2 Å². The third-order valence-corrected chi connectivity index (χ3v) is 3.10. The Morgan fingerprint density at radius 1 is 1.47 bits per heavy atom. The summed E-state index contributed by atoms with van der Waals surface area (Å²) in [6.45, 7) is 4.20. The molecule has 9 heteroatoms. The highest BCUT2D eigenvalue weighted by Crippen LogP contribution is 2.24. The number of nitrogens with two attached hydrogens (primary N) is 2. The molecule has 19 heavy (non-hydrogen) atoms. The van der Waals surface area contributed by atoms with Crippen LogP contribution in [0.5, 0.6) is 0 Å². The minimum atomic E-state index is 0.0926. The minimum Gasteiger partial charge on any atom is -0.382 e. The van der Waals surface area contributed by atoms with E-state index in [-0.39, 0.29) is 16.8 Å². The van der Waals surface area contributed by atoms with E-state index < -0.39 is 0 Å². The lowest BCUT2D eigenvalue weighted by molar-refractivity contribution is -0.683. The van der Waals surface area contributed by atoms with Gasteiger partial charge in [0.2, 0.25) is 0 Å². The maximum atomic E-state index is 5.90. The number of nitrogens with one attached hydrogen (secondary N) is 1. The third kappa shape index (κ3) is 2.32. The summed E-state index contributed by atoms with van der Waals surface area (Å²) in [6, 6.07) is 0. The smallest absolute Gasteiger partial charge is 0.323 e. The zero-order valence-corrected chi connectivity index (χ0v) is 11.8. The Morgan fingerprint density at radius 3 is 2.79 bits per heavy atom. The molecule has 0 aromatic carbocycles. The number of anilines is 2. The number of aromatic amines is 1. The minimum absolute atomic E-state index is 0.0926. The third-order valence-electron chi connectivity index (χ3n) is 2.51. The fraction of sp³-hybridized carbons (Fsp3) is 0.200. The Hall–Kier alpha value is -1.93. The first-order valence-corrected chi connectivity index (χ1v) is 6.13. The van der Waals surface area contributed by atoms with Crippen molar-refractivity contribution in [1.82, 2.24) is 19.7 Å². The van der Waals surface area contributed by atoms with Gasteiger partial charge in [-0.15, -0.1) is 9.78 Å². The second-order valence-electron chi connectivity index (χ2n) is 3.83. The van der Waals surface area contributed by atoms with Gasteiger partial charge in [-0.3, -0.25) is 0 Å². The summed E-state index contributed by atoms with van der Waals surface area (Å²) in [7, 11) is 1.79. The van der Waals surface area contributed by atoms with E-state index in [4.69, 9.17) is 35.3 Å². The molecule has 2 aromatic heterocycles. The van der Waals surface area contributed by atoms with Crippen LogP contribution in [0.1, 0.15) is 0 Å². The van der Waals surface area contributed by atoms with Crippen LogP contribution in [-0.4, -0.2) is 19.7 Å². The van der Waals surface area contributed by atoms with Crippen LogP contribution in [0.2, 0.25) is 5.15 Å². The largest absolute Gasteiger partial charge is 0.382 e. The van der Waals surface area contributed by atoms with Gasteiger partial charge in [-0.2, -0.15) is 0 Å². The predicted molar refractivity (Wildman–Crippen MR) is 75.9 cm³/mol. The first-order valence-electron chi connectivity index (χ1n) is 5.34. The quantitative estimate of drug-likeness (QED) is 0.442. The molecule has 0 saturated heterocycles. The molecule has 0 spiro atoms. The molecule has 2 heterocycles. The van der Waals surface area contributed by atoms with Crippen molar-refractivity contribution in [2.75, 3.05) is 11.5 Å². The Labute approximate surface area is 119 Å². The standard InChI is InChI=1S/C10H12ClN7S/c1-3-4-18-9(17(2)16-10(18)19)5-7(12)15-8(13)6(11)14-5/h3H,1,4H2,2H3,(H4,12,13,15,16,19)/p+1. The van der Waals surface area contributed by atoms with Crippen molar-refractivity contribution in [2.45, 2.75) is 6.54 Å². The van der Waals surface area contributed by atoms with Crippen LogP contribution in [0.15, 0.2) is 12.7 Å². The molecule has 0 amide bonds. The Kier molecular flexibility index (Phi) is 3.54. The fourth-order valence-corrected chi connectivity index (χ4v) is 2.15. The van der Waals surface area contributed by atoms with Gasteiger partial charge < -0.3 is 11.5 Å². The average Bonchev–Trinajstić information content (AvgIpc) is 2.60. The molecule has 0 aliphatic carbocycles. The highest BCUT2D eigenvalue weighted by molar-refractivity contribution is 7.71. The Balaban J connectivity index is 2.75. The predicted octanol–water partition coefficient (Wildman–Crippen LogP) is 0.831. The maximum absolute atomic E-state index is 5.90. The lowest BCUT2D eigenvalue weighted by Gasteiger charge is -2.05. The lowest BCUT2D eigenvalue weighted by Crippen LogP contribution is -2.36. The number of nitrogens with zero attached hydrogens (tertiary/aromatic N) is 4. The molecular weight excluding hydrogens is 286 g/mol. The lowest BCUT2D eigenvalue weighted by atomic mass is 10.3. The molecule has 0 bridgehead atoms. The first kappa shape index (κ1) is 13.5. The van der Waals surface area contributed by atoms with Crippen LogP contribution >= 0.6 is 23.8 Å². The number of aromatic nitrogens is 5. The highest BCUT2D eigenvalue weighted by atomic mass is 35.5. The van der Waals surface area contributed by atoms with Gasteiger partial charge in [0, 0.05) is 0 Å². The summed E-state index contributed by atoms with van der Waals surface area (Å²) in [5.74, 6) is 0.927. The van der Waals surface area contributed by atoms with Crippen molar-refractivity contribution < 1.29 is 4.57 Å². The molecular formula is C10H13ClN7S+. The van der Waals surface area contributed by atoms with Gasteiger partial charge in [0.15, 0.2) is 22.5 Å². The molecule has 0 saturated carbocycles. The molecule has 100 valence electrons. The zero-order chi connectivity index (χ0) is 14.2. The number of hydrogen-bond acceptors (Lipinski definition) is 5. The van der Waals surface area contributed by atoms with Gasteiger partial charge in [0.1, 0.15) is 0 Å². The summed E-state index contributed by atoms with van der Waals surface area (Å²) in [4.78, 5) is 8.13. The van der Waals surface area contributed by atoms with Gasteiger partial charge in [-0.1, -0.05) is 24.3 Å². The fourth-order valence-electron chi connectivity index (χ4n) is 1.73. The molecule has 0 fully saturated rings. The number of allylic oxidation sites excluding steroid dienone is 1. The van der Waals surface area contributed by atoms with Gasteiger partial charge >= 0.3 is 4.77 Å². The Bertz CT molecular complexity index is 703. The summed E-state index contributed by atoms with van der Waals surface area (Å²) in [6.07, 6.45) is 1.72. The summed E-state index contributed by atoms with van der Waals surface area (Å²) >= 11 is 11.1. The van der Waals surface area contributed by atoms with E-state index in [1.54, 1.807) is 22.4 Å². The molecule has 0 radical (unpaired) electrons. The second kappa shape index (κ2) is 4.98. The second-order valence-corrected chi connectivity index (χ2v) is 4.58. The molecule has 0 unspecified atom stereocenters. The molecule has 7 nitrogen and oxygen atoms in total. The normalized spacial score (nSPS) is 10.6. The van der Waals surface area contributed by atoms with E-state index in [2.05, 4.69) is 21.6 Å². The number of hydrogen-bond donors (Lipinski definition) is 3. The van der Waals surface area contributed by atoms with E-state index in [1.165, 1.54) is 0 Å². The van der Waals surface area contributed by atoms with E-state index in [1.807, 2.05) is 0 Å². The van der Waals surface area contributed by atoms with Gasteiger partial charge in [0.25, 0.3) is 5.82 Å². The topological polar surface area (TPSA) is 102 Å². The molecule has 0 atom stereocenters. The van der Waals surface area contributed by atoms with Crippen molar-refractivity contribution in [1.29, 1.82) is 0 Å². The Morgan fingerprint density at radius 2 is 2.16 bits per heavy atom. The van der Waals surface area contributed by atoms with Crippen molar-refractivity contribution in [2.24, 2.45) is 7.05 Å². The van der Waals surface area contributed by atoms with Crippen LogP contribution in [-0.2, 0) is 13.6 Å². The van der Waals surface area contributed by atoms with E-state index in [0.29, 0.717) is 22.8 Å². The van der Waals surface area contributed by atoms with E-state index in [9.17, 15) is 0 Å². The number of aryl methyl sites for hydroxylation is 1. The summed E-state index contributed by atoms with van der Waals surface area (Å²) in [5, 5.41) is 3.07. The SMILES string of the molecule is C=CC[n+]1c(-c2nc(Cl)c(N)nc2N)n(C)[nH]c1=S. The van der Waals surface area contributed by atoms with Crippen LogP contribution in [0.3, 0.4) is 0 Å². The molecule has 0 aliphatic heterocycles. The van der Waals surface area contributed by atoms with Crippen molar-refractivity contribution in [3.05, 3.63) is 22.6 Å². The summed E-state index contributed by atoms with van der Waals surface area (Å²) < 4.78 is 4.00. The van der Waals surface area contributed by atoms with Crippen molar-refractivity contribution in [3.63, 3.8) is 0 Å². The number of H-pyrrole nitrogens is 1. The summed E-state index contributed by atoms with van der Waals surface area (Å²) in [5.41, 5.74) is 11.8. The highest BCUT2D eigenvalue weighted by Gasteiger charge is 2.23. The molecule has 5 N–H and O–H groups in total. The van der Waals surface area contributed by atoms with E-state index >= 15 is 0 Å². The van der Waals surface area contributed by atoms with Gasteiger partial charge in [0.05, 0.1) is 13.6 Å². The maximum Gasteiger partial charge on any atom is 0.323 e. The van der Waals surface area contributed by atoms with Crippen molar-refractivity contribution in [3.8, 4) is 11.5 Å². The zero-order valence-electron chi connectivity index (χ0n) is 10.2. The number of nitrogen functional groups attached to an aromatic ring is 2. The van der Waals surface area contributed by atoms with Crippen LogP contribution in [0.4, 0.5) is 11.6 Å². The van der Waals surface area contributed by atoms with Crippen molar-refractivity contribution >= 4 is 35.5 Å². The number of halogens is 1. The molecule has 2 rings (SSSR count). The first-order chi connectivity index (χ1) is 8.95. The van der Waals surface area contributed by atoms with Crippen LogP contribution in [0, 0.1) is 4.77 Å². The number of rotatable bonds is 3. The van der Waals surface area contributed by atoms with Crippen LogP contribution in [0.25, 0.3) is 11.5 Å². The molecule has 0 aliphatic rings. The van der Waals surface area contributed by atoms with Gasteiger partial charge in [-0.25, -0.2) is 14.5 Å². The van der Waals surface area contributed by atoms with Crippen LogP contribution < -0.4 is 16.0 Å². The molecule has 2 aromatic rings. The average molecular weight is 299 g/mol. The monoisotopic (exact) mass is 298 g/mol. The van der Waals surface area contributed by atoms with E-state index in [0.717, 1.165) is 0 Å².